The van der Waals surface area contributed by atoms with E-state index in [1.165, 1.54) is 10.8 Å². The van der Waals surface area contributed by atoms with E-state index in [0.29, 0.717) is 17.0 Å². The van der Waals surface area contributed by atoms with Crippen molar-refractivity contribution in [1.29, 1.82) is 0 Å². The van der Waals surface area contributed by atoms with E-state index >= 15 is 0 Å². The van der Waals surface area contributed by atoms with Gasteiger partial charge in [0.1, 0.15) is 29.7 Å². The number of aryl methyl sites for hydroxylation is 1. The van der Waals surface area contributed by atoms with Gasteiger partial charge in [0.05, 0.1) is 19.8 Å². The first-order valence-corrected chi connectivity index (χ1v) is 9.58. The third kappa shape index (κ3) is 4.09. The van der Waals surface area contributed by atoms with Crippen LogP contribution in [0.5, 0.6) is 0 Å². The van der Waals surface area contributed by atoms with Gasteiger partial charge < -0.3 is 23.7 Å². The molecule has 2 aliphatic heterocycles. The molecule has 2 aromatic heterocycles. The van der Waals surface area contributed by atoms with Gasteiger partial charge in [-0.15, -0.1) is 0 Å². The van der Waals surface area contributed by atoms with Gasteiger partial charge in [0, 0.05) is 18.9 Å². The summed E-state index contributed by atoms with van der Waals surface area (Å²) in [6.45, 7) is 5.86. The lowest BCUT2D eigenvalue weighted by Crippen LogP contribution is -2.33. The first-order chi connectivity index (χ1) is 14.3. The number of methoxy groups -OCH3 is 1. The molecule has 12 heteroatoms. The maximum atomic E-state index is 12.0. The highest BCUT2D eigenvalue weighted by atomic mass is 16.8. The lowest BCUT2D eigenvalue weighted by molar-refractivity contribution is -0.232. The van der Waals surface area contributed by atoms with Crippen LogP contribution in [0.1, 0.15) is 30.8 Å². The summed E-state index contributed by atoms with van der Waals surface area (Å²) in [5.41, 5.74) is 0.582. The van der Waals surface area contributed by atoms with Crippen molar-refractivity contribution in [2.75, 3.05) is 13.7 Å². The van der Waals surface area contributed by atoms with Crippen molar-refractivity contribution in [1.82, 2.24) is 25.0 Å². The summed E-state index contributed by atoms with van der Waals surface area (Å²) in [5.74, 6) is -0.713. The average molecular weight is 423 g/mol. The molecule has 0 aliphatic carbocycles. The summed E-state index contributed by atoms with van der Waals surface area (Å²) in [7, 11) is 1.56. The molecule has 0 amide bonds. The van der Waals surface area contributed by atoms with Crippen LogP contribution >= 0.6 is 0 Å². The van der Waals surface area contributed by atoms with Crippen molar-refractivity contribution in [3.05, 3.63) is 44.0 Å². The zero-order valence-electron chi connectivity index (χ0n) is 17.2. The molecule has 0 aromatic carbocycles. The Balaban J connectivity index is 1.38. The van der Waals surface area contributed by atoms with Crippen molar-refractivity contribution < 1.29 is 23.7 Å². The highest BCUT2D eigenvalue weighted by Crippen LogP contribution is 2.38. The quantitative estimate of drug-likeness (QED) is 0.598. The van der Waals surface area contributed by atoms with E-state index in [0.717, 1.165) is 0 Å². The zero-order chi connectivity index (χ0) is 21.5. The second-order valence-corrected chi connectivity index (χ2v) is 7.77. The normalized spacial score (nSPS) is 27.5. The maximum Gasteiger partial charge on any atom is 0.328 e. The molecule has 164 valence electrons. The molecule has 4 rings (SSSR count). The second-order valence-electron chi connectivity index (χ2n) is 7.77. The Bertz CT molecular complexity index is 1010. The summed E-state index contributed by atoms with van der Waals surface area (Å²) >= 11 is 0. The van der Waals surface area contributed by atoms with Gasteiger partial charge in [0.25, 0.3) is 5.56 Å². The van der Waals surface area contributed by atoms with Crippen LogP contribution in [0.4, 0.5) is 0 Å². The number of fused-ring (bicyclic) bond motifs is 1. The molecule has 0 bridgehead atoms. The molecule has 0 unspecified atom stereocenters. The standard InChI is InChI=1S/C18H25N5O7/c1-9-5-23(17(25)19-15(9)24)6-10-11(21-22-20-10)7-27-8-12-13-14(16(26-4)28-12)30-18(2,3)29-13/h5,12-14,16H,6-8H2,1-4H3,(H,19,24,25)(H,20,21,22)/t12-,13-,14-,16-/m1/s1. The van der Waals surface area contributed by atoms with E-state index in [4.69, 9.17) is 23.7 Å². The van der Waals surface area contributed by atoms with E-state index in [1.807, 2.05) is 13.8 Å². The molecule has 0 saturated carbocycles. The number of nitrogens with one attached hydrogen (secondary N) is 2. The van der Waals surface area contributed by atoms with E-state index in [9.17, 15) is 9.59 Å². The molecule has 2 aliphatic rings. The monoisotopic (exact) mass is 423 g/mol. The van der Waals surface area contributed by atoms with Crippen LogP contribution in [0.15, 0.2) is 15.8 Å². The summed E-state index contributed by atoms with van der Waals surface area (Å²) in [4.78, 5) is 25.8. The van der Waals surface area contributed by atoms with Crippen LogP contribution in [0, 0.1) is 6.92 Å². The molecule has 0 spiro atoms. The Morgan fingerprint density at radius 3 is 2.70 bits per heavy atom. The number of hydrogen-bond donors (Lipinski definition) is 2. The smallest absolute Gasteiger partial charge is 0.328 e. The van der Waals surface area contributed by atoms with Gasteiger partial charge in [-0.05, 0) is 20.8 Å². The van der Waals surface area contributed by atoms with Gasteiger partial charge >= 0.3 is 5.69 Å². The predicted molar refractivity (Wildman–Crippen MR) is 101 cm³/mol. The molecule has 12 nitrogen and oxygen atoms in total. The Hall–Kier alpha value is -2.38. The fraction of sp³-hybridized carbons (Fsp3) is 0.667. The minimum absolute atomic E-state index is 0.146. The number of H-pyrrole nitrogens is 2. The van der Waals surface area contributed by atoms with Gasteiger partial charge in [-0.25, -0.2) is 4.79 Å². The van der Waals surface area contributed by atoms with Gasteiger partial charge in [0.15, 0.2) is 12.1 Å². The first-order valence-electron chi connectivity index (χ1n) is 9.58. The Kier molecular flexibility index (Phi) is 5.59. The van der Waals surface area contributed by atoms with Crippen LogP contribution in [0.2, 0.25) is 0 Å². The van der Waals surface area contributed by atoms with E-state index in [2.05, 4.69) is 20.4 Å². The molecule has 30 heavy (non-hydrogen) atoms. The number of aromatic amines is 2. The fourth-order valence-corrected chi connectivity index (χ4v) is 3.65. The van der Waals surface area contributed by atoms with Crippen LogP contribution < -0.4 is 11.2 Å². The van der Waals surface area contributed by atoms with Crippen LogP contribution in [-0.4, -0.2) is 69.1 Å². The topological polar surface area (TPSA) is 143 Å². The molecule has 4 atom stereocenters. The second kappa shape index (κ2) is 8.04. The number of aromatic nitrogens is 5. The van der Waals surface area contributed by atoms with E-state index < -0.39 is 23.3 Å². The van der Waals surface area contributed by atoms with Crippen LogP contribution in [0.3, 0.4) is 0 Å². The molecule has 0 radical (unpaired) electrons. The lowest BCUT2D eigenvalue weighted by Gasteiger charge is -2.23. The molecule has 2 saturated heterocycles. The van der Waals surface area contributed by atoms with Gasteiger partial charge in [0.2, 0.25) is 0 Å². The van der Waals surface area contributed by atoms with Gasteiger partial charge in [-0.1, -0.05) is 0 Å². The van der Waals surface area contributed by atoms with Crippen molar-refractivity contribution >= 4 is 0 Å². The number of ether oxygens (including phenoxy) is 5. The fourth-order valence-electron chi connectivity index (χ4n) is 3.65. The number of nitrogens with zero attached hydrogens (tertiary/aromatic N) is 3. The highest BCUT2D eigenvalue weighted by molar-refractivity contribution is 5.10. The third-order valence-electron chi connectivity index (χ3n) is 5.07. The summed E-state index contributed by atoms with van der Waals surface area (Å²) in [6, 6.07) is 0. The highest BCUT2D eigenvalue weighted by Gasteiger charge is 2.55. The summed E-state index contributed by atoms with van der Waals surface area (Å²) in [6.07, 6.45) is -0.0253. The minimum Gasteiger partial charge on any atom is -0.372 e. The molecular weight excluding hydrogens is 398 g/mol. The molecule has 2 N–H and O–H groups in total. The molecule has 2 aromatic rings. The number of hydrogen-bond acceptors (Lipinski definition) is 9. The van der Waals surface area contributed by atoms with E-state index in [-0.39, 0.29) is 38.1 Å². The Labute approximate surface area is 171 Å². The van der Waals surface area contributed by atoms with Crippen molar-refractivity contribution in [3.63, 3.8) is 0 Å². The van der Waals surface area contributed by atoms with Crippen molar-refractivity contribution in [2.45, 2.75) is 64.3 Å². The molecule has 4 heterocycles. The molecular formula is C18H25N5O7. The number of rotatable bonds is 7. The molecule has 2 fully saturated rings. The first kappa shape index (κ1) is 20.9. The third-order valence-corrected chi connectivity index (χ3v) is 5.07. The Morgan fingerprint density at radius 1 is 1.20 bits per heavy atom. The maximum absolute atomic E-state index is 12.0. The van der Waals surface area contributed by atoms with Crippen LogP contribution in [0.25, 0.3) is 0 Å². The largest absolute Gasteiger partial charge is 0.372 e. The van der Waals surface area contributed by atoms with Crippen molar-refractivity contribution in [2.24, 2.45) is 0 Å². The SMILES string of the molecule is CO[C@@H]1O[C@H](COCc2n[nH]nc2Cn2cc(C)c(=O)[nH]c2=O)[C@H]2OC(C)(C)O[C@@H]12. The predicted octanol–water partition coefficient (Wildman–Crippen LogP) is -0.581. The summed E-state index contributed by atoms with van der Waals surface area (Å²) in [5, 5.41) is 10.7. The summed E-state index contributed by atoms with van der Waals surface area (Å²) < 4.78 is 30.1. The average Bonchev–Trinajstić information content (AvgIpc) is 3.33. The van der Waals surface area contributed by atoms with E-state index in [1.54, 1.807) is 14.0 Å². The van der Waals surface area contributed by atoms with Gasteiger partial charge in [-0.2, -0.15) is 15.4 Å². The zero-order valence-corrected chi connectivity index (χ0v) is 17.2. The van der Waals surface area contributed by atoms with Gasteiger partial charge in [-0.3, -0.25) is 14.3 Å². The minimum atomic E-state index is -0.713. The van der Waals surface area contributed by atoms with Crippen LogP contribution in [-0.2, 0) is 36.8 Å². The lowest BCUT2D eigenvalue weighted by atomic mass is 10.1. The Morgan fingerprint density at radius 2 is 1.93 bits per heavy atom. The van der Waals surface area contributed by atoms with Crippen molar-refractivity contribution in [3.8, 4) is 0 Å².